The highest BCUT2D eigenvalue weighted by molar-refractivity contribution is 7.23. The normalized spacial score (nSPS) is 12.3. The number of H-pyrrole nitrogens is 1. The molecule has 6 heteroatoms. The molecule has 0 aliphatic rings. The van der Waals surface area contributed by atoms with E-state index >= 15 is 0 Å². The fourth-order valence-corrected chi connectivity index (χ4v) is 3.96. The molecule has 2 nitrogen and oxygen atoms in total. The molecule has 0 amide bonds. The first-order valence-electron chi connectivity index (χ1n) is 6.97. The summed E-state index contributed by atoms with van der Waals surface area (Å²) in [4.78, 5) is 0.685. The molecule has 1 N–H and O–H groups in total. The standard InChI is InChI=1S/C17H11F3N2S/c1-17(19,20)13-7-10(18)3-4-11(13)15-6-9-2-5-14-12(8-21-22-14)16(9)23-15/h2-8H,1H3,(H,21,22). The summed E-state index contributed by atoms with van der Waals surface area (Å²) in [5.74, 6) is -3.78. The molecule has 0 aliphatic carbocycles. The summed E-state index contributed by atoms with van der Waals surface area (Å²) in [6.07, 6.45) is 1.72. The van der Waals surface area contributed by atoms with E-state index in [1.807, 2.05) is 18.2 Å². The molecule has 0 bridgehead atoms. The number of hydrogen-bond donors (Lipinski definition) is 1. The van der Waals surface area contributed by atoms with Crippen LogP contribution in [0.2, 0.25) is 0 Å². The van der Waals surface area contributed by atoms with E-state index in [1.54, 1.807) is 6.20 Å². The molecular weight excluding hydrogens is 321 g/mol. The summed E-state index contributed by atoms with van der Waals surface area (Å²) in [6, 6.07) is 9.22. The van der Waals surface area contributed by atoms with Crippen molar-refractivity contribution in [3.8, 4) is 10.4 Å². The Bertz CT molecular complexity index is 1030. The minimum absolute atomic E-state index is 0.299. The molecule has 0 atom stereocenters. The van der Waals surface area contributed by atoms with E-state index in [1.165, 1.54) is 23.5 Å². The van der Waals surface area contributed by atoms with Gasteiger partial charge in [0.25, 0.3) is 5.92 Å². The Morgan fingerprint density at radius 3 is 2.74 bits per heavy atom. The van der Waals surface area contributed by atoms with E-state index in [-0.39, 0.29) is 5.56 Å². The zero-order chi connectivity index (χ0) is 16.2. The van der Waals surface area contributed by atoms with Gasteiger partial charge in [-0.1, -0.05) is 12.1 Å². The molecule has 23 heavy (non-hydrogen) atoms. The van der Waals surface area contributed by atoms with Gasteiger partial charge in [0.05, 0.1) is 11.7 Å². The molecule has 2 heterocycles. The second-order valence-electron chi connectivity index (χ2n) is 5.50. The van der Waals surface area contributed by atoms with Gasteiger partial charge in [-0.3, -0.25) is 5.10 Å². The van der Waals surface area contributed by atoms with E-state index in [2.05, 4.69) is 10.2 Å². The number of halogens is 3. The first-order valence-corrected chi connectivity index (χ1v) is 7.79. The van der Waals surface area contributed by atoms with Gasteiger partial charge in [0.2, 0.25) is 0 Å². The molecule has 0 saturated carbocycles. The number of benzene rings is 2. The van der Waals surface area contributed by atoms with Gasteiger partial charge in [0, 0.05) is 33.0 Å². The van der Waals surface area contributed by atoms with Gasteiger partial charge in [-0.15, -0.1) is 11.3 Å². The van der Waals surface area contributed by atoms with Crippen molar-refractivity contribution in [1.29, 1.82) is 0 Å². The first-order chi connectivity index (χ1) is 10.9. The maximum Gasteiger partial charge on any atom is 0.271 e. The first kappa shape index (κ1) is 14.3. The average Bonchev–Trinajstić information content (AvgIpc) is 3.11. The highest BCUT2D eigenvalue weighted by atomic mass is 32.1. The third kappa shape index (κ3) is 2.30. The second kappa shape index (κ2) is 4.83. The van der Waals surface area contributed by atoms with Crippen LogP contribution in [0.3, 0.4) is 0 Å². The van der Waals surface area contributed by atoms with Crippen LogP contribution in [0.15, 0.2) is 42.6 Å². The molecule has 4 aromatic rings. The Morgan fingerprint density at radius 2 is 1.96 bits per heavy atom. The molecule has 0 fully saturated rings. The maximum atomic E-state index is 13.9. The van der Waals surface area contributed by atoms with Crippen LogP contribution in [0.1, 0.15) is 12.5 Å². The maximum absolute atomic E-state index is 13.9. The van der Waals surface area contributed by atoms with Gasteiger partial charge in [0.15, 0.2) is 0 Å². The molecular formula is C17H11F3N2S. The van der Waals surface area contributed by atoms with Gasteiger partial charge >= 0.3 is 0 Å². The smallest absolute Gasteiger partial charge is 0.271 e. The van der Waals surface area contributed by atoms with E-state index in [9.17, 15) is 13.2 Å². The molecule has 0 unspecified atom stereocenters. The van der Waals surface area contributed by atoms with Gasteiger partial charge in [-0.05, 0) is 29.7 Å². The Morgan fingerprint density at radius 1 is 1.13 bits per heavy atom. The number of hydrogen-bond acceptors (Lipinski definition) is 2. The summed E-state index contributed by atoms with van der Waals surface area (Å²) in [7, 11) is 0. The fourth-order valence-electron chi connectivity index (χ4n) is 2.74. The summed E-state index contributed by atoms with van der Waals surface area (Å²) < 4.78 is 42.1. The molecule has 2 aromatic heterocycles. The van der Waals surface area contributed by atoms with Gasteiger partial charge in [-0.25, -0.2) is 13.2 Å². The number of alkyl halides is 2. The highest BCUT2D eigenvalue weighted by Crippen LogP contribution is 2.42. The lowest BCUT2D eigenvalue weighted by atomic mass is 10.0. The van der Waals surface area contributed by atoms with Crippen LogP contribution < -0.4 is 0 Å². The van der Waals surface area contributed by atoms with Crippen molar-refractivity contribution in [3.63, 3.8) is 0 Å². The number of aromatic nitrogens is 2. The molecule has 2 aromatic carbocycles. The predicted octanol–water partition coefficient (Wildman–Crippen LogP) is 5.70. The van der Waals surface area contributed by atoms with E-state index < -0.39 is 11.7 Å². The van der Waals surface area contributed by atoms with Crippen LogP contribution in [-0.2, 0) is 5.92 Å². The summed E-state index contributed by atoms with van der Waals surface area (Å²) in [6.45, 7) is 0.785. The number of rotatable bonds is 2. The predicted molar refractivity (Wildman–Crippen MR) is 86.4 cm³/mol. The van der Waals surface area contributed by atoms with Crippen LogP contribution >= 0.6 is 11.3 Å². The number of fused-ring (bicyclic) bond motifs is 3. The van der Waals surface area contributed by atoms with Crippen molar-refractivity contribution in [2.24, 2.45) is 0 Å². The molecule has 0 saturated heterocycles. The fraction of sp³-hybridized carbons (Fsp3) is 0.118. The highest BCUT2D eigenvalue weighted by Gasteiger charge is 2.29. The average molecular weight is 332 g/mol. The van der Waals surface area contributed by atoms with Crippen LogP contribution in [0.25, 0.3) is 31.4 Å². The monoisotopic (exact) mass is 332 g/mol. The lowest BCUT2D eigenvalue weighted by molar-refractivity contribution is 0.0178. The Hall–Kier alpha value is -2.34. The van der Waals surface area contributed by atoms with Crippen molar-refractivity contribution in [2.45, 2.75) is 12.8 Å². The van der Waals surface area contributed by atoms with E-state index in [0.29, 0.717) is 10.4 Å². The van der Waals surface area contributed by atoms with Gasteiger partial charge in [-0.2, -0.15) is 5.10 Å². The molecule has 116 valence electrons. The largest absolute Gasteiger partial charge is 0.278 e. The molecule has 0 aliphatic heterocycles. The van der Waals surface area contributed by atoms with E-state index in [0.717, 1.165) is 34.0 Å². The molecule has 0 radical (unpaired) electrons. The van der Waals surface area contributed by atoms with Crippen LogP contribution in [0, 0.1) is 5.82 Å². The summed E-state index contributed by atoms with van der Waals surface area (Å²) in [5, 5.41) is 8.81. The Balaban J connectivity index is 1.99. The lowest BCUT2D eigenvalue weighted by Crippen LogP contribution is -2.09. The van der Waals surface area contributed by atoms with Crippen molar-refractivity contribution >= 4 is 32.3 Å². The topological polar surface area (TPSA) is 28.7 Å². The van der Waals surface area contributed by atoms with Crippen molar-refractivity contribution in [1.82, 2.24) is 10.2 Å². The van der Waals surface area contributed by atoms with Crippen LogP contribution in [-0.4, -0.2) is 10.2 Å². The third-order valence-corrected chi connectivity index (χ3v) is 5.04. The zero-order valence-electron chi connectivity index (χ0n) is 12.0. The van der Waals surface area contributed by atoms with Crippen LogP contribution in [0.5, 0.6) is 0 Å². The van der Waals surface area contributed by atoms with Crippen molar-refractivity contribution < 1.29 is 13.2 Å². The number of thiophene rings is 1. The summed E-state index contributed by atoms with van der Waals surface area (Å²) >= 11 is 1.40. The number of aromatic amines is 1. The second-order valence-corrected chi connectivity index (χ2v) is 6.56. The van der Waals surface area contributed by atoms with Crippen molar-refractivity contribution in [3.05, 3.63) is 54.0 Å². The van der Waals surface area contributed by atoms with Crippen molar-refractivity contribution in [2.75, 3.05) is 0 Å². The van der Waals surface area contributed by atoms with E-state index in [4.69, 9.17) is 0 Å². The minimum Gasteiger partial charge on any atom is -0.278 e. The summed E-state index contributed by atoms with van der Waals surface area (Å²) in [5.41, 5.74) is 0.954. The third-order valence-electron chi connectivity index (χ3n) is 3.82. The lowest BCUT2D eigenvalue weighted by Gasteiger charge is -2.15. The van der Waals surface area contributed by atoms with Gasteiger partial charge in [0.1, 0.15) is 5.82 Å². The molecule has 4 rings (SSSR count). The number of nitrogens with zero attached hydrogens (tertiary/aromatic N) is 1. The Labute approximate surface area is 133 Å². The van der Waals surface area contributed by atoms with Gasteiger partial charge < -0.3 is 0 Å². The Kier molecular flexibility index (Phi) is 2.99. The minimum atomic E-state index is -3.11. The zero-order valence-corrected chi connectivity index (χ0v) is 12.8. The quantitative estimate of drug-likeness (QED) is 0.501. The molecule has 0 spiro atoms. The van der Waals surface area contributed by atoms with Crippen LogP contribution in [0.4, 0.5) is 13.2 Å². The number of nitrogens with one attached hydrogen (secondary N) is 1. The SMILES string of the molecule is CC(F)(F)c1cc(F)ccc1-c1cc2ccc3[nH]ncc3c2s1.